The largest absolute Gasteiger partial charge is 0.460 e. The second-order valence-electron chi connectivity index (χ2n) is 5.46. The predicted molar refractivity (Wildman–Crippen MR) is 83.4 cm³/mol. The molecule has 0 bridgehead atoms. The van der Waals surface area contributed by atoms with Crippen LogP contribution in [-0.4, -0.2) is 5.97 Å². The smallest absolute Gasteiger partial charge is 0.316 e. The van der Waals surface area contributed by atoms with E-state index in [2.05, 4.69) is 0 Å². The van der Waals surface area contributed by atoms with E-state index in [1.54, 1.807) is 0 Å². The van der Waals surface area contributed by atoms with Crippen LogP contribution in [0, 0.1) is 5.41 Å². The first-order chi connectivity index (χ1) is 10.3. The SMILES string of the molecule is O=C(OCc1ccccc1)C1(C=Cc2ccccc2)CC1. The molecule has 0 unspecified atom stereocenters. The predicted octanol–water partition coefficient (Wildman–Crippen LogP) is 4.22. The molecular formula is C19H18O2. The molecule has 1 saturated carbocycles. The van der Waals surface area contributed by atoms with Gasteiger partial charge in [-0.25, -0.2) is 0 Å². The second-order valence-corrected chi connectivity index (χ2v) is 5.46. The highest BCUT2D eigenvalue weighted by molar-refractivity contribution is 5.83. The van der Waals surface area contributed by atoms with E-state index in [0.717, 1.165) is 24.0 Å². The molecule has 1 fully saturated rings. The van der Waals surface area contributed by atoms with Crippen molar-refractivity contribution in [2.24, 2.45) is 5.41 Å². The molecule has 1 aliphatic rings. The van der Waals surface area contributed by atoms with Crippen molar-refractivity contribution >= 4 is 12.0 Å². The number of esters is 1. The summed E-state index contributed by atoms with van der Waals surface area (Å²) in [6.45, 7) is 0.348. The Labute approximate surface area is 125 Å². The molecule has 21 heavy (non-hydrogen) atoms. The zero-order valence-electron chi connectivity index (χ0n) is 11.9. The molecule has 0 saturated heterocycles. The normalized spacial score (nSPS) is 15.8. The number of ether oxygens (including phenoxy) is 1. The molecule has 0 heterocycles. The number of hydrogen-bond acceptors (Lipinski definition) is 2. The van der Waals surface area contributed by atoms with Crippen molar-refractivity contribution in [3.8, 4) is 0 Å². The van der Waals surface area contributed by atoms with Gasteiger partial charge in [0.2, 0.25) is 0 Å². The molecule has 0 amide bonds. The highest BCUT2D eigenvalue weighted by Crippen LogP contribution is 2.48. The molecule has 0 radical (unpaired) electrons. The quantitative estimate of drug-likeness (QED) is 0.765. The minimum atomic E-state index is -0.398. The van der Waals surface area contributed by atoms with Gasteiger partial charge in [-0.1, -0.05) is 72.8 Å². The Hall–Kier alpha value is -2.35. The van der Waals surface area contributed by atoms with Crippen molar-refractivity contribution in [2.75, 3.05) is 0 Å². The van der Waals surface area contributed by atoms with Gasteiger partial charge in [-0.15, -0.1) is 0 Å². The van der Waals surface area contributed by atoms with E-state index in [1.807, 2.05) is 72.8 Å². The highest BCUT2D eigenvalue weighted by Gasteiger charge is 2.49. The summed E-state index contributed by atoms with van der Waals surface area (Å²) in [4.78, 5) is 12.2. The lowest BCUT2D eigenvalue weighted by atomic mass is 10.1. The zero-order chi connectivity index (χ0) is 14.5. The third-order valence-corrected chi connectivity index (χ3v) is 3.80. The van der Waals surface area contributed by atoms with Gasteiger partial charge in [-0.2, -0.15) is 0 Å². The van der Waals surface area contributed by atoms with Gasteiger partial charge in [0.25, 0.3) is 0 Å². The fourth-order valence-corrected chi connectivity index (χ4v) is 2.26. The minimum absolute atomic E-state index is 0.112. The molecule has 2 aromatic rings. The molecule has 0 aliphatic heterocycles. The average Bonchev–Trinajstić information content (AvgIpc) is 3.34. The Morgan fingerprint density at radius 1 is 1.00 bits per heavy atom. The Kier molecular flexibility index (Phi) is 3.87. The summed E-state index contributed by atoms with van der Waals surface area (Å²) in [6.07, 6.45) is 5.76. The number of carbonyl (C=O) groups is 1. The molecule has 0 spiro atoms. The third-order valence-electron chi connectivity index (χ3n) is 3.80. The van der Waals surface area contributed by atoms with Gasteiger partial charge in [0, 0.05) is 0 Å². The maximum atomic E-state index is 12.2. The molecule has 3 rings (SSSR count). The molecule has 0 N–H and O–H groups in total. The summed E-state index contributed by atoms with van der Waals surface area (Å²) < 4.78 is 5.45. The van der Waals surface area contributed by atoms with Crippen LogP contribution in [-0.2, 0) is 16.1 Å². The van der Waals surface area contributed by atoms with E-state index in [-0.39, 0.29) is 5.97 Å². The lowest BCUT2D eigenvalue weighted by Gasteiger charge is -2.10. The molecule has 106 valence electrons. The fourth-order valence-electron chi connectivity index (χ4n) is 2.26. The summed E-state index contributed by atoms with van der Waals surface area (Å²) in [5.74, 6) is -0.112. The van der Waals surface area contributed by atoms with E-state index < -0.39 is 5.41 Å². The summed E-state index contributed by atoms with van der Waals surface area (Å²) >= 11 is 0. The van der Waals surface area contributed by atoms with Gasteiger partial charge < -0.3 is 4.74 Å². The Morgan fingerprint density at radius 3 is 2.24 bits per heavy atom. The molecule has 2 heteroatoms. The Balaban J connectivity index is 1.60. The van der Waals surface area contributed by atoms with Crippen LogP contribution in [0.3, 0.4) is 0 Å². The van der Waals surface area contributed by atoms with E-state index in [1.165, 1.54) is 0 Å². The van der Waals surface area contributed by atoms with Crippen LogP contribution in [0.25, 0.3) is 6.08 Å². The summed E-state index contributed by atoms with van der Waals surface area (Å²) in [7, 11) is 0. The van der Waals surface area contributed by atoms with Gasteiger partial charge in [-0.3, -0.25) is 4.79 Å². The minimum Gasteiger partial charge on any atom is -0.460 e. The maximum absolute atomic E-state index is 12.2. The van der Waals surface area contributed by atoms with Crippen molar-refractivity contribution < 1.29 is 9.53 Å². The van der Waals surface area contributed by atoms with Gasteiger partial charge >= 0.3 is 5.97 Å². The Morgan fingerprint density at radius 2 is 1.62 bits per heavy atom. The van der Waals surface area contributed by atoms with Gasteiger partial charge in [0.15, 0.2) is 0 Å². The van der Waals surface area contributed by atoms with E-state index in [0.29, 0.717) is 6.61 Å². The Bertz CT molecular complexity index is 625. The van der Waals surface area contributed by atoms with E-state index >= 15 is 0 Å². The number of hydrogen-bond donors (Lipinski definition) is 0. The topological polar surface area (TPSA) is 26.3 Å². The maximum Gasteiger partial charge on any atom is 0.316 e. The van der Waals surface area contributed by atoms with Crippen LogP contribution >= 0.6 is 0 Å². The number of benzene rings is 2. The van der Waals surface area contributed by atoms with Crippen LogP contribution in [0.15, 0.2) is 66.7 Å². The monoisotopic (exact) mass is 278 g/mol. The van der Waals surface area contributed by atoms with Crippen LogP contribution in [0.4, 0.5) is 0 Å². The van der Waals surface area contributed by atoms with Gasteiger partial charge in [0.05, 0.1) is 5.41 Å². The third kappa shape index (κ3) is 3.40. The average molecular weight is 278 g/mol. The lowest BCUT2D eigenvalue weighted by molar-refractivity contribution is -0.149. The molecular weight excluding hydrogens is 260 g/mol. The second kappa shape index (κ2) is 5.96. The van der Waals surface area contributed by atoms with Crippen molar-refractivity contribution in [3.63, 3.8) is 0 Å². The summed E-state index contributed by atoms with van der Waals surface area (Å²) in [5.41, 5.74) is 1.73. The lowest BCUT2D eigenvalue weighted by Crippen LogP contribution is -2.16. The van der Waals surface area contributed by atoms with Crippen molar-refractivity contribution in [1.29, 1.82) is 0 Å². The van der Waals surface area contributed by atoms with E-state index in [4.69, 9.17) is 4.74 Å². The number of carbonyl (C=O) groups excluding carboxylic acids is 1. The van der Waals surface area contributed by atoms with Crippen LogP contribution in [0.1, 0.15) is 24.0 Å². The standard InChI is InChI=1S/C19H18O2/c20-18(21-15-17-9-5-2-6-10-17)19(13-14-19)12-11-16-7-3-1-4-8-16/h1-12H,13-15H2. The highest BCUT2D eigenvalue weighted by atomic mass is 16.5. The zero-order valence-corrected chi connectivity index (χ0v) is 11.9. The van der Waals surface area contributed by atoms with Gasteiger partial charge in [-0.05, 0) is 24.0 Å². The first-order valence-corrected chi connectivity index (χ1v) is 7.24. The first-order valence-electron chi connectivity index (χ1n) is 7.24. The fraction of sp³-hybridized carbons (Fsp3) is 0.211. The summed E-state index contributed by atoms with van der Waals surface area (Å²) in [5, 5.41) is 0. The van der Waals surface area contributed by atoms with Crippen LogP contribution < -0.4 is 0 Å². The van der Waals surface area contributed by atoms with Crippen molar-refractivity contribution in [1.82, 2.24) is 0 Å². The van der Waals surface area contributed by atoms with Gasteiger partial charge in [0.1, 0.15) is 6.61 Å². The molecule has 1 aliphatic carbocycles. The molecule has 0 atom stereocenters. The van der Waals surface area contributed by atoms with Crippen molar-refractivity contribution in [2.45, 2.75) is 19.4 Å². The van der Waals surface area contributed by atoms with Crippen LogP contribution in [0.2, 0.25) is 0 Å². The number of rotatable bonds is 5. The first kappa shape index (κ1) is 13.6. The van der Waals surface area contributed by atoms with E-state index in [9.17, 15) is 4.79 Å². The molecule has 2 aromatic carbocycles. The molecule has 0 aromatic heterocycles. The summed E-state index contributed by atoms with van der Waals surface area (Å²) in [6, 6.07) is 19.8. The van der Waals surface area contributed by atoms with Crippen LogP contribution in [0.5, 0.6) is 0 Å². The molecule has 2 nitrogen and oxygen atoms in total. The van der Waals surface area contributed by atoms with Crippen molar-refractivity contribution in [3.05, 3.63) is 77.9 Å².